The largest absolute Gasteiger partial charge is 0.478 e. The first-order chi connectivity index (χ1) is 12.8. The summed E-state index contributed by atoms with van der Waals surface area (Å²) in [6.07, 6.45) is 0. The molecule has 0 aromatic heterocycles. The molecule has 1 fully saturated rings. The number of carbonyl (C=O) groups is 2. The molecule has 0 unspecified atom stereocenters. The number of carboxylic acids is 2. The normalized spacial score (nSPS) is 15.4. The first-order valence-corrected chi connectivity index (χ1v) is 10.7. The van der Waals surface area contributed by atoms with Crippen LogP contribution in [-0.2, 0) is 10.0 Å². The molecule has 0 amide bonds. The van der Waals surface area contributed by atoms with Crippen LogP contribution in [0, 0.1) is 0 Å². The van der Waals surface area contributed by atoms with E-state index in [1.165, 1.54) is 28.6 Å². The third-order valence-electron chi connectivity index (χ3n) is 4.23. The summed E-state index contributed by atoms with van der Waals surface area (Å²) in [6, 6.07) is 9.83. The molecule has 2 aromatic rings. The van der Waals surface area contributed by atoms with E-state index in [-0.39, 0.29) is 27.1 Å². The molecule has 9 heteroatoms. The molecule has 0 bridgehead atoms. The van der Waals surface area contributed by atoms with E-state index in [1.807, 2.05) is 0 Å². The molecule has 0 atom stereocenters. The molecule has 142 valence electrons. The standard InChI is InChI=1S/C18H17NO6S2/c20-17(21)13-9-12(15-3-1-2-4-16(15)18(22)23)10-14(11-13)27(24,25)19-5-7-26-8-6-19/h1-4,9-11H,5-8H2,(H,20,21)(H,22,23). The molecule has 3 rings (SSSR count). The van der Waals surface area contributed by atoms with Crippen molar-refractivity contribution in [1.29, 1.82) is 0 Å². The van der Waals surface area contributed by atoms with Crippen molar-refractivity contribution in [3.05, 3.63) is 53.6 Å². The Morgan fingerprint density at radius 2 is 1.63 bits per heavy atom. The van der Waals surface area contributed by atoms with Crippen LogP contribution >= 0.6 is 11.8 Å². The van der Waals surface area contributed by atoms with Gasteiger partial charge in [-0.2, -0.15) is 16.1 Å². The molecule has 1 saturated heterocycles. The third kappa shape index (κ3) is 4.00. The van der Waals surface area contributed by atoms with Gasteiger partial charge in [0.05, 0.1) is 16.0 Å². The van der Waals surface area contributed by atoms with Crippen LogP contribution in [0.15, 0.2) is 47.4 Å². The van der Waals surface area contributed by atoms with Crippen molar-refractivity contribution >= 4 is 33.7 Å². The Bertz CT molecular complexity index is 997. The van der Waals surface area contributed by atoms with Crippen LogP contribution in [0.4, 0.5) is 0 Å². The van der Waals surface area contributed by atoms with E-state index in [9.17, 15) is 28.2 Å². The molecule has 0 radical (unpaired) electrons. The molecule has 7 nitrogen and oxygen atoms in total. The summed E-state index contributed by atoms with van der Waals surface area (Å²) in [6.45, 7) is 0.705. The van der Waals surface area contributed by atoms with E-state index in [0.29, 0.717) is 24.6 Å². The number of rotatable bonds is 5. The highest BCUT2D eigenvalue weighted by molar-refractivity contribution is 7.99. The molecule has 0 spiro atoms. The van der Waals surface area contributed by atoms with Gasteiger partial charge in [0, 0.05) is 24.6 Å². The van der Waals surface area contributed by atoms with Crippen molar-refractivity contribution in [3.63, 3.8) is 0 Å². The number of sulfonamides is 1. The minimum Gasteiger partial charge on any atom is -0.478 e. The molecule has 27 heavy (non-hydrogen) atoms. The van der Waals surface area contributed by atoms with Crippen molar-refractivity contribution in [2.45, 2.75) is 4.90 Å². The minimum absolute atomic E-state index is 0.0299. The average Bonchev–Trinajstić information content (AvgIpc) is 2.68. The second kappa shape index (κ2) is 7.71. The fraction of sp³-hybridized carbons (Fsp3) is 0.222. The monoisotopic (exact) mass is 407 g/mol. The number of thioether (sulfide) groups is 1. The lowest BCUT2D eigenvalue weighted by Gasteiger charge is -2.26. The first-order valence-electron chi connectivity index (χ1n) is 8.09. The summed E-state index contributed by atoms with van der Waals surface area (Å²) in [7, 11) is -3.87. The highest BCUT2D eigenvalue weighted by Crippen LogP contribution is 2.30. The molecule has 1 aliphatic heterocycles. The lowest BCUT2D eigenvalue weighted by atomic mass is 9.98. The Morgan fingerprint density at radius 1 is 0.963 bits per heavy atom. The maximum absolute atomic E-state index is 13.0. The quantitative estimate of drug-likeness (QED) is 0.783. The number of hydrogen-bond acceptors (Lipinski definition) is 5. The SMILES string of the molecule is O=C(O)c1cc(-c2ccccc2C(=O)O)cc(S(=O)(=O)N2CCSCC2)c1. The van der Waals surface area contributed by atoms with Crippen LogP contribution in [-0.4, -0.2) is 59.5 Å². The minimum atomic E-state index is -3.87. The molecule has 0 aliphatic carbocycles. The maximum Gasteiger partial charge on any atom is 0.336 e. The van der Waals surface area contributed by atoms with Crippen LogP contribution in [0.1, 0.15) is 20.7 Å². The summed E-state index contributed by atoms with van der Waals surface area (Å²) < 4.78 is 27.3. The Balaban J connectivity index is 2.18. The zero-order chi connectivity index (χ0) is 19.6. The lowest BCUT2D eigenvalue weighted by Crippen LogP contribution is -2.37. The van der Waals surface area contributed by atoms with Gasteiger partial charge in [-0.05, 0) is 35.4 Å². The number of benzene rings is 2. The van der Waals surface area contributed by atoms with Gasteiger partial charge in [0.15, 0.2) is 0 Å². The molecule has 2 aromatic carbocycles. The Hall–Kier alpha value is -2.36. The summed E-state index contributed by atoms with van der Waals surface area (Å²) in [5, 5.41) is 18.8. The molecular weight excluding hydrogens is 390 g/mol. The van der Waals surface area contributed by atoms with Crippen molar-refractivity contribution in [3.8, 4) is 11.1 Å². The van der Waals surface area contributed by atoms with E-state index in [0.717, 1.165) is 6.07 Å². The number of carboxylic acid groups (broad SMARTS) is 2. The van der Waals surface area contributed by atoms with Gasteiger partial charge in [0.1, 0.15) is 0 Å². The van der Waals surface area contributed by atoms with Gasteiger partial charge < -0.3 is 10.2 Å². The Labute approximate surface area is 160 Å². The van der Waals surface area contributed by atoms with Gasteiger partial charge in [-0.15, -0.1) is 0 Å². The van der Waals surface area contributed by atoms with Crippen molar-refractivity contribution in [2.24, 2.45) is 0 Å². The van der Waals surface area contributed by atoms with Gasteiger partial charge in [-0.3, -0.25) is 0 Å². The van der Waals surface area contributed by atoms with E-state index < -0.39 is 22.0 Å². The van der Waals surface area contributed by atoms with Crippen LogP contribution < -0.4 is 0 Å². The lowest BCUT2D eigenvalue weighted by molar-refractivity contribution is 0.0687. The molecule has 2 N–H and O–H groups in total. The highest BCUT2D eigenvalue weighted by Gasteiger charge is 2.28. The Morgan fingerprint density at radius 3 is 2.26 bits per heavy atom. The van der Waals surface area contributed by atoms with E-state index in [4.69, 9.17) is 0 Å². The van der Waals surface area contributed by atoms with Gasteiger partial charge in [0.2, 0.25) is 10.0 Å². The zero-order valence-corrected chi connectivity index (χ0v) is 15.8. The summed E-state index contributed by atoms with van der Waals surface area (Å²) in [5.41, 5.74) is 0.256. The smallest absolute Gasteiger partial charge is 0.336 e. The van der Waals surface area contributed by atoms with Gasteiger partial charge in [-0.25, -0.2) is 18.0 Å². The van der Waals surface area contributed by atoms with Crippen molar-refractivity contribution < 1.29 is 28.2 Å². The van der Waals surface area contributed by atoms with Gasteiger partial charge >= 0.3 is 11.9 Å². The number of nitrogens with zero attached hydrogens (tertiary/aromatic N) is 1. The fourth-order valence-electron chi connectivity index (χ4n) is 2.88. The topological polar surface area (TPSA) is 112 Å². The second-order valence-electron chi connectivity index (χ2n) is 5.92. The summed E-state index contributed by atoms with van der Waals surface area (Å²) in [5.74, 6) is -1.11. The average molecular weight is 407 g/mol. The third-order valence-corrected chi connectivity index (χ3v) is 7.05. The van der Waals surface area contributed by atoms with Gasteiger partial charge in [-0.1, -0.05) is 18.2 Å². The number of aromatic carboxylic acids is 2. The number of hydrogen-bond donors (Lipinski definition) is 2. The van der Waals surface area contributed by atoms with E-state index in [1.54, 1.807) is 23.9 Å². The second-order valence-corrected chi connectivity index (χ2v) is 9.08. The van der Waals surface area contributed by atoms with Crippen LogP contribution in [0.25, 0.3) is 11.1 Å². The van der Waals surface area contributed by atoms with E-state index >= 15 is 0 Å². The highest BCUT2D eigenvalue weighted by atomic mass is 32.2. The van der Waals surface area contributed by atoms with Crippen molar-refractivity contribution in [2.75, 3.05) is 24.6 Å². The molecular formula is C18H17NO6S2. The van der Waals surface area contributed by atoms with Crippen LogP contribution in [0.3, 0.4) is 0 Å². The van der Waals surface area contributed by atoms with Gasteiger partial charge in [0.25, 0.3) is 0 Å². The zero-order valence-electron chi connectivity index (χ0n) is 14.2. The Kier molecular flexibility index (Phi) is 5.54. The first kappa shape index (κ1) is 19.4. The van der Waals surface area contributed by atoms with Crippen LogP contribution in [0.5, 0.6) is 0 Å². The summed E-state index contributed by atoms with van der Waals surface area (Å²) >= 11 is 1.66. The molecule has 1 heterocycles. The fourth-order valence-corrected chi connectivity index (χ4v) is 5.53. The predicted molar refractivity (Wildman–Crippen MR) is 102 cm³/mol. The summed E-state index contributed by atoms with van der Waals surface area (Å²) in [4.78, 5) is 22.9. The molecule has 1 aliphatic rings. The van der Waals surface area contributed by atoms with E-state index in [2.05, 4.69) is 0 Å². The maximum atomic E-state index is 13.0. The van der Waals surface area contributed by atoms with Crippen molar-refractivity contribution in [1.82, 2.24) is 4.31 Å². The van der Waals surface area contributed by atoms with Crippen LogP contribution in [0.2, 0.25) is 0 Å². The predicted octanol–water partition coefficient (Wildman–Crippen LogP) is 2.49. The molecule has 0 saturated carbocycles.